The van der Waals surface area contributed by atoms with Crippen molar-refractivity contribution in [2.75, 3.05) is 0 Å². The number of esters is 1. The van der Waals surface area contributed by atoms with Crippen molar-refractivity contribution in [2.45, 2.75) is 56.5 Å². The largest absolute Gasteiger partial charge is 0.461 e. The third kappa shape index (κ3) is 1.45. The van der Waals surface area contributed by atoms with Crippen LogP contribution in [0.1, 0.15) is 32.3 Å². The van der Waals surface area contributed by atoms with E-state index in [9.17, 15) is 9.90 Å². The number of nitrogens with zero attached hydrogens (tertiary/aromatic N) is 2. The van der Waals surface area contributed by atoms with Crippen LogP contribution in [0.3, 0.4) is 0 Å². The Balaban J connectivity index is 1.62. The van der Waals surface area contributed by atoms with E-state index in [0.717, 1.165) is 29.8 Å². The number of para-hydroxylation sites is 1. The molecule has 0 aromatic heterocycles. The second-order valence-corrected chi connectivity index (χ2v) is 8.33. The molecule has 134 valence electrons. The quantitative estimate of drug-likeness (QED) is 0.624. The molecule has 0 amide bonds. The molecule has 1 spiro atoms. The van der Waals surface area contributed by atoms with Gasteiger partial charge in [0.2, 0.25) is 0 Å². The molecule has 5 heteroatoms. The first-order chi connectivity index (χ1) is 12.6. The van der Waals surface area contributed by atoms with E-state index in [-0.39, 0.29) is 41.4 Å². The van der Waals surface area contributed by atoms with Gasteiger partial charge in [-0.05, 0) is 42.9 Å². The number of fused-ring (bicyclic) bond motifs is 2. The average molecular weight is 350 g/mol. The fourth-order valence-corrected chi connectivity index (χ4v) is 6.90. The van der Waals surface area contributed by atoms with Crippen LogP contribution in [0, 0.1) is 11.8 Å². The molecule has 0 radical (unpaired) electrons. The topological polar surface area (TPSA) is 62.1 Å². The number of aliphatic hydroxyl groups excluding tert-OH is 1. The minimum atomic E-state index is -0.537. The Morgan fingerprint density at radius 1 is 1.42 bits per heavy atom. The molecular formula is C21H22N2O3. The van der Waals surface area contributed by atoms with Gasteiger partial charge < -0.3 is 9.84 Å². The second-order valence-electron chi connectivity index (χ2n) is 8.33. The Hall–Kier alpha value is -1.98. The van der Waals surface area contributed by atoms with E-state index in [2.05, 4.69) is 29.2 Å². The van der Waals surface area contributed by atoms with E-state index < -0.39 is 6.23 Å². The van der Waals surface area contributed by atoms with Gasteiger partial charge in [0.15, 0.2) is 0 Å². The van der Waals surface area contributed by atoms with Crippen LogP contribution in [0.15, 0.2) is 40.9 Å². The highest BCUT2D eigenvalue weighted by Gasteiger charge is 2.74. The Bertz CT molecular complexity index is 906. The highest BCUT2D eigenvalue weighted by atomic mass is 16.5. The number of carbonyl (C=O) groups excluding carboxylic acids is 1. The Morgan fingerprint density at radius 2 is 2.23 bits per heavy atom. The van der Waals surface area contributed by atoms with Crippen molar-refractivity contribution in [2.24, 2.45) is 16.8 Å². The highest BCUT2D eigenvalue weighted by molar-refractivity contribution is 6.08. The van der Waals surface area contributed by atoms with Gasteiger partial charge in [0.05, 0.1) is 22.9 Å². The van der Waals surface area contributed by atoms with Gasteiger partial charge in [0.25, 0.3) is 0 Å². The predicted molar refractivity (Wildman–Crippen MR) is 96.2 cm³/mol. The summed E-state index contributed by atoms with van der Waals surface area (Å²) in [6.07, 6.45) is 3.17. The van der Waals surface area contributed by atoms with Gasteiger partial charge in [0.1, 0.15) is 12.3 Å². The molecular weight excluding hydrogens is 328 g/mol. The summed E-state index contributed by atoms with van der Waals surface area (Å²) in [5.41, 5.74) is 4.10. The monoisotopic (exact) mass is 350 g/mol. The number of allylic oxidation sites excluding steroid dienone is 1. The first-order valence-corrected chi connectivity index (χ1v) is 9.55. The van der Waals surface area contributed by atoms with Crippen LogP contribution in [0.5, 0.6) is 0 Å². The third-order valence-corrected chi connectivity index (χ3v) is 7.53. The van der Waals surface area contributed by atoms with Gasteiger partial charge >= 0.3 is 5.97 Å². The zero-order chi connectivity index (χ0) is 17.8. The minimum absolute atomic E-state index is 0.140. The summed E-state index contributed by atoms with van der Waals surface area (Å²) in [7, 11) is 0. The Labute approximate surface area is 152 Å². The summed E-state index contributed by atoms with van der Waals surface area (Å²) in [4.78, 5) is 19.3. The van der Waals surface area contributed by atoms with Crippen molar-refractivity contribution in [1.82, 2.24) is 4.90 Å². The van der Waals surface area contributed by atoms with Gasteiger partial charge in [-0.2, -0.15) is 0 Å². The molecule has 26 heavy (non-hydrogen) atoms. The second kappa shape index (κ2) is 4.65. The number of rotatable bonds is 1. The third-order valence-electron chi connectivity index (χ3n) is 7.53. The van der Waals surface area contributed by atoms with E-state index in [1.807, 2.05) is 13.0 Å². The number of aliphatic imine (C=N–C) groups is 1. The first-order valence-electron chi connectivity index (χ1n) is 9.55. The van der Waals surface area contributed by atoms with Crippen LogP contribution in [0.25, 0.3) is 0 Å². The zero-order valence-corrected chi connectivity index (χ0v) is 14.9. The van der Waals surface area contributed by atoms with Crippen LogP contribution >= 0.6 is 0 Å². The number of piperidine rings is 4. The molecule has 5 aliphatic heterocycles. The molecule has 1 aromatic rings. The standard InChI is InChI=1S/C21H22N2O3/c1-3-11-12-8-15-18-21(13-6-4-5-7-14(13)22-18)9-16(23(15)20(11)25)17(12)19(21)26-10(2)24/h3-7,12,15-17,19-20,25H,8-9H2,1-2H3/b11-3+/t12-,15+,16+,17?,19-,20-,21-/m1/s1. The van der Waals surface area contributed by atoms with Crippen molar-refractivity contribution in [1.29, 1.82) is 0 Å². The summed E-state index contributed by atoms with van der Waals surface area (Å²) in [6, 6.07) is 8.67. The number of ether oxygens (including phenoxy) is 1. The summed E-state index contributed by atoms with van der Waals surface area (Å²) in [5.74, 6) is 0.264. The van der Waals surface area contributed by atoms with Crippen LogP contribution in [0.4, 0.5) is 5.69 Å². The maximum absolute atomic E-state index is 12.0. The molecule has 8 atom stereocenters. The molecule has 1 N–H and O–H groups in total. The van der Waals surface area contributed by atoms with Crippen LogP contribution in [-0.2, 0) is 14.9 Å². The Kier molecular flexibility index (Phi) is 2.70. The fraction of sp³-hybridized carbons (Fsp3) is 0.524. The van der Waals surface area contributed by atoms with E-state index in [1.54, 1.807) is 0 Å². The average Bonchev–Trinajstić information content (AvgIpc) is 3.08. The molecule has 6 aliphatic rings. The number of aliphatic hydroxyl groups is 1. The highest BCUT2D eigenvalue weighted by Crippen LogP contribution is 2.67. The summed E-state index contributed by atoms with van der Waals surface area (Å²) in [5, 5.41) is 11.0. The van der Waals surface area contributed by atoms with Gasteiger partial charge in [-0.15, -0.1) is 0 Å². The number of hydrogen-bond acceptors (Lipinski definition) is 5. The molecule has 4 saturated heterocycles. The minimum Gasteiger partial charge on any atom is -0.461 e. The molecule has 5 nitrogen and oxygen atoms in total. The summed E-state index contributed by atoms with van der Waals surface area (Å²) < 4.78 is 6.04. The molecule has 1 aliphatic carbocycles. The van der Waals surface area contributed by atoms with Gasteiger partial charge in [-0.25, -0.2) is 0 Å². The van der Waals surface area contributed by atoms with E-state index >= 15 is 0 Å². The lowest BCUT2D eigenvalue weighted by atomic mass is 9.66. The van der Waals surface area contributed by atoms with Crippen LogP contribution in [-0.4, -0.2) is 46.1 Å². The summed E-state index contributed by atoms with van der Waals surface area (Å²) >= 11 is 0. The first kappa shape index (κ1) is 15.1. The smallest absolute Gasteiger partial charge is 0.302 e. The van der Waals surface area contributed by atoms with Crippen molar-refractivity contribution < 1.29 is 14.6 Å². The predicted octanol–water partition coefficient (Wildman–Crippen LogP) is 2.31. The molecule has 1 aromatic carbocycles. The van der Waals surface area contributed by atoms with Crippen LogP contribution in [0.2, 0.25) is 0 Å². The van der Waals surface area contributed by atoms with Crippen LogP contribution < -0.4 is 0 Å². The lowest BCUT2D eigenvalue weighted by molar-refractivity contribution is -0.156. The zero-order valence-electron chi connectivity index (χ0n) is 14.9. The molecule has 7 rings (SSSR count). The van der Waals surface area contributed by atoms with Gasteiger partial charge in [0, 0.05) is 18.9 Å². The Morgan fingerprint density at radius 3 is 3.00 bits per heavy atom. The molecule has 5 bridgehead atoms. The van der Waals surface area contributed by atoms with E-state index in [1.165, 1.54) is 12.5 Å². The number of benzene rings is 1. The SMILES string of the molecule is C/C=C1\[C@H]2C[C@H]3C4=Nc5ccccc5[C@]45C[C@@H](C2[C@H]5OC(C)=O)N3[C@@H]1O. The maximum Gasteiger partial charge on any atom is 0.302 e. The maximum atomic E-state index is 12.0. The fourth-order valence-electron chi connectivity index (χ4n) is 6.90. The molecule has 5 heterocycles. The van der Waals surface area contributed by atoms with Crippen molar-refractivity contribution in [3.63, 3.8) is 0 Å². The molecule has 1 saturated carbocycles. The van der Waals surface area contributed by atoms with E-state index in [0.29, 0.717) is 0 Å². The lowest BCUT2D eigenvalue weighted by Gasteiger charge is -2.58. The van der Waals surface area contributed by atoms with Crippen molar-refractivity contribution in [3.8, 4) is 0 Å². The molecule has 2 unspecified atom stereocenters. The van der Waals surface area contributed by atoms with E-state index in [4.69, 9.17) is 9.73 Å². The van der Waals surface area contributed by atoms with Crippen molar-refractivity contribution >= 4 is 17.4 Å². The molecule has 5 fully saturated rings. The number of hydrogen-bond donors (Lipinski definition) is 1. The van der Waals surface area contributed by atoms with Gasteiger partial charge in [-0.1, -0.05) is 24.3 Å². The van der Waals surface area contributed by atoms with Gasteiger partial charge in [-0.3, -0.25) is 14.7 Å². The normalized spacial score (nSPS) is 47.7. The summed E-state index contributed by atoms with van der Waals surface area (Å²) in [6.45, 7) is 3.51. The number of carbonyl (C=O) groups is 1. The lowest BCUT2D eigenvalue weighted by Crippen LogP contribution is -2.68. The van der Waals surface area contributed by atoms with Crippen molar-refractivity contribution in [3.05, 3.63) is 41.5 Å².